The first-order valence-corrected chi connectivity index (χ1v) is 7.70. The molecule has 1 rings (SSSR count). The number of anilines is 1. The summed E-state index contributed by atoms with van der Waals surface area (Å²) in [6.45, 7) is 5.09. The molecule has 5 heteroatoms. The van der Waals surface area contributed by atoms with Gasteiger partial charge in [0.1, 0.15) is 0 Å². The Balaban J connectivity index is 2.31. The second kappa shape index (κ2) is 9.10. The molecule has 20 heavy (non-hydrogen) atoms. The summed E-state index contributed by atoms with van der Waals surface area (Å²) in [5.41, 5.74) is 0.797. The first kappa shape index (κ1) is 17.1. The standard InChI is InChI=1S/C15H23BrN2O2/c1-11(6-7-19)10-17-12(2)8-15(20)18-14-5-3-4-13(16)9-14/h3-5,9,11-12,17,19H,6-8,10H2,1-2H3,(H,18,20). The summed E-state index contributed by atoms with van der Waals surface area (Å²) in [6, 6.07) is 7.66. The zero-order valence-electron chi connectivity index (χ0n) is 12.0. The van der Waals surface area contributed by atoms with Crippen LogP contribution in [0.4, 0.5) is 5.69 Å². The molecule has 0 fully saturated rings. The number of aliphatic hydroxyl groups excluding tert-OH is 1. The van der Waals surface area contributed by atoms with Crippen molar-refractivity contribution < 1.29 is 9.90 Å². The maximum Gasteiger partial charge on any atom is 0.225 e. The zero-order chi connectivity index (χ0) is 15.0. The summed E-state index contributed by atoms with van der Waals surface area (Å²) in [6.07, 6.45) is 1.21. The number of carbonyl (C=O) groups is 1. The average Bonchev–Trinajstić information content (AvgIpc) is 2.36. The van der Waals surface area contributed by atoms with Crippen molar-refractivity contribution in [3.63, 3.8) is 0 Å². The lowest BCUT2D eigenvalue weighted by atomic mass is 10.1. The van der Waals surface area contributed by atoms with E-state index in [9.17, 15) is 4.79 Å². The van der Waals surface area contributed by atoms with Gasteiger partial charge in [0.25, 0.3) is 0 Å². The smallest absolute Gasteiger partial charge is 0.225 e. The van der Waals surface area contributed by atoms with Gasteiger partial charge in [-0.1, -0.05) is 28.9 Å². The summed E-state index contributed by atoms with van der Waals surface area (Å²) in [5, 5.41) is 15.0. The van der Waals surface area contributed by atoms with Crippen molar-refractivity contribution in [3.05, 3.63) is 28.7 Å². The number of hydrogen-bond acceptors (Lipinski definition) is 3. The SMILES string of the molecule is CC(CCO)CNC(C)CC(=O)Nc1cccc(Br)c1. The Hall–Kier alpha value is -0.910. The second-order valence-corrected chi connectivity index (χ2v) is 6.11. The highest BCUT2D eigenvalue weighted by Gasteiger charge is 2.10. The maximum atomic E-state index is 11.9. The number of halogens is 1. The molecule has 0 aliphatic rings. The third-order valence-corrected chi connectivity index (χ3v) is 3.53. The van der Waals surface area contributed by atoms with Crippen molar-refractivity contribution in [1.82, 2.24) is 5.32 Å². The van der Waals surface area contributed by atoms with E-state index in [-0.39, 0.29) is 18.6 Å². The second-order valence-electron chi connectivity index (χ2n) is 5.19. The summed E-state index contributed by atoms with van der Waals surface area (Å²) in [4.78, 5) is 11.9. The Morgan fingerprint density at radius 2 is 2.15 bits per heavy atom. The van der Waals surface area contributed by atoms with E-state index in [1.165, 1.54) is 0 Å². The van der Waals surface area contributed by atoms with Gasteiger partial charge in [0, 0.05) is 29.2 Å². The number of nitrogens with one attached hydrogen (secondary N) is 2. The molecule has 0 aliphatic carbocycles. The Kier molecular flexibility index (Phi) is 7.80. The Morgan fingerprint density at radius 1 is 1.40 bits per heavy atom. The van der Waals surface area contributed by atoms with Crippen molar-refractivity contribution in [3.8, 4) is 0 Å². The van der Waals surface area contributed by atoms with Crippen LogP contribution in [0.25, 0.3) is 0 Å². The molecule has 0 bridgehead atoms. The molecular formula is C15H23BrN2O2. The van der Waals surface area contributed by atoms with Crippen molar-refractivity contribution in [2.45, 2.75) is 32.7 Å². The molecular weight excluding hydrogens is 320 g/mol. The molecule has 4 nitrogen and oxygen atoms in total. The first-order valence-electron chi connectivity index (χ1n) is 6.91. The van der Waals surface area contributed by atoms with Gasteiger partial charge < -0.3 is 15.7 Å². The molecule has 1 amide bonds. The molecule has 0 saturated carbocycles. The van der Waals surface area contributed by atoms with Crippen molar-refractivity contribution >= 4 is 27.5 Å². The molecule has 0 aliphatic heterocycles. The van der Waals surface area contributed by atoms with E-state index in [1.807, 2.05) is 31.2 Å². The monoisotopic (exact) mass is 342 g/mol. The van der Waals surface area contributed by atoms with Crippen LogP contribution in [-0.4, -0.2) is 30.2 Å². The van der Waals surface area contributed by atoms with Crippen LogP contribution in [0.1, 0.15) is 26.7 Å². The lowest BCUT2D eigenvalue weighted by Crippen LogP contribution is -2.33. The summed E-state index contributed by atoms with van der Waals surface area (Å²) in [7, 11) is 0. The van der Waals surface area contributed by atoms with Crippen LogP contribution >= 0.6 is 15.9 Å². The topological polar surface area (TPSA) is 61.4 Å². The number of amides is 1. The van der Waals surface area contributed by atoms with E-state index >= 15 is 0 Å². The van der Waals surface area contributed by atoms with Gasteiger partial charge in [-0.05, 0) is 44.0 Å². The maximum absolute atomic E-state index is 11.9. The van der Waals surface area contributed by atoms with E-state index in [1.54, 1.807) is 0 Å². The number of benzene rings is 1. The summed E-state index contributed by atoms with van der Waals surface area (Å²) in [5.74, 6) is 0.411. The Morgan fingerprint density at radius 3 is 2.80 bits per heavy atom. The lowest BCUT2D eigenvalue weighted by molar-refractivity contribution is -0.116. The van der Waals surface area contributed by atoms with Gasteiger partial charge in [0.05, 0.1) is 0 Å². The number of carbonyl (C=O) groups excluding carboxylic acids is 1. The fourth-order valence-electron chi connectivity index (χ4n) is 1.85. The van der Waals surface area contributed by atoms with E-state index in [0.29, 0.717) is 12.3 Å². The van der Waals surface area contributed by atoms with Crippen molar-refractivity contribution in [2.75, 3.05) is 18.5 Å². The normalized spacial score (nSPS) is 13.8. The number of aliphatic hydroxyl groups is 1. The number of rotatable bonds is 8. The van der Waals surface area contributed by atoms with Gasteiger partial charge in [0.2, 0.25) is 5.91 Å². The Labute approximate surface area is 129 Å². The fraction of sp³-hybridized carbons (Fsp3) is 0.533. The average molecular weight is 343 g/mol. The van der Waals surface area contributed by atoms with E-state index in [2.05, 4.69) is 33.5 Å². The fourth-order valence-corrected chi connectivity index (χ4v) is 2.25. The van der Waals surface area contributed by atoms with Crippen LogP contribution in [0.5, 0.6) is 0 Å². The van der Waals surface area contributed by atoms with Gasteiger partial charge in [-0.2, -0.15) is 0 Å². The Bertz CT molecular complexity index is 426. The minimum atomic E-state index is -0.00193. The predicted octanol–water partition coefficient (Wildman–Crippen LogP) is 2.77. The minimum Gasteiger partial charge on any atom is -0.396 e. The minimum absolute atomic E-state index is 0.00193. The molecule has 112 valence electrons. The highest BCUT2D eigenvalue weighted by molar-refractivity contribution is 9.10. The predicted molar refractivity (Wildman–Crippen MR) is 85.7 cm³/mol. The highest BCUT2D eigenvalue weighted by Crippen LogP contribution is 2.15. The van der Waals surface area contributed by atoms with Crippen molar-refractivity contribution in [2.24, 2.45) is 5.92 Å². The molecule has 0 spiro atoms. The van der Waals surface area contributed by atoms with Crippen LogP contribution < -0.4 is 10.6 Å². The molecule has 0 radical (unpaired) electrons. The lowest BCUT2D eigenvalue weighted by Gasteiger charge is -2.17. The summed E-state index contributed by atoms with van der Waals surface area (Å²) >= 11 is 3.37. The zero-order valence-corrected chi connectivity index (χ0v) is 13.6. The molecule has 2 unspecified atom stereocenters. The molecule has 1 aromatic carbocycles. The van der Waals surface area contributed by atoms with Gasteiger partial charge in [-0.15, -0.1) is 0 Å². The van der Waals surface area contributed by atoms with E-state index in [0.717, 1.165) is 23.1 Å². The van der Waals surface area contributed by atoms with E-state index < -0.39 is 0 Å². The van der Waals surface area contributed by atoms with Crippen LogP contribution in [0, 0.1) is 5.92 Å². The third-order valence-electron chi connectivity index (χ3n) is 3.04. The molecule has 3 N–H and O–H groups in total. The molecule has 1 aromatic rings. The van der Waals surface area contributed by atoms with Crippen molar-refractivity contribution in [1.29, 1.82) is 0 Å². The van der Waals surface area contributed by atoms with Crippen LogP contribution in [0.3, 0.4) is 0 Å². The molecule has 2 atom stereocenters. The van der Waals surface area contributed by atoms with Gasteiger partial charge in [-0.25, -0.2) is 0 Å². The number of hydrogen-bond donors (Lipinski definition) is 3. The van der Waals surface area contributed by atoms with Gasteiger partial charge in [-0.3, -0.25) is 4.79 Å². The van der Waals surface area contributed by atoms with Crippen LogP contribution in [0.15, 0.2) is 28.7 Å². The molecule has 0 saturated heterocycles. The highest BCUT2D eigenvalue weighted by atomic mass is 79.9. The third kappa shape index (κ3) is 7.03. The molecule has 0 aromatic heterocycles. The molecule has 0 heterocycles. The summed E-state index contributed by atoms with van der Waals surface area (Å²) < 4.78 is 0.944. The largest absolute Gasteiger partial charge is 0.396 e. The van der Waals surface area contributed by atoms with Crippen LogP contribution in [0.2, 0.25) is 0 Å². The van der Waals surface area contributed by atoms with Crippen LogP contribution in [-0.2, 0) is 4.79 Å². The van der Waals surface area contributed by atoms with E-state index in [4.69, 9.17) is 5.11 Å². The quantitative estimate of drug-likeness (QED) is 0.680. The first-order chi connectivity index (χ1) is 9.51. The van der Waals surface area contributed by atoms with Gasteiger partial charge >= 0.3 is 0 Å². The van der Waals surface area contributed by atoms with Gasteiger partial charge in [0.15, 0.2) is 0 Å².